The lowest BCUT2D eigenvalue weighted by Gasteiger charge is -2.28. The van der Waals surface area contributed by atoms with Crippen molar-refractivity contribution in [2.75, 3.05) is 0 Å². The van der Waals surface area contributed by atoms with E-state index in [9.17, 15) is 14.7 Å². The average molecular weight is 266 g/mol. The lowest BCUT2D eigenvalue weighted by Crippen LogP contribution is -2.54. The number of hydrogen-bond acceptors (Lipinski definition) is 4. The fourth-order valence-electron chi connectivity index (χ4n) is 2.52. The van der Waals surface area contributed by atoms with Gasteiger partial charge in [0.2, 0.25) is 5.76 Å². The molecule has 1 aliphatic carbocycles. The number of aliphatic carboxylic acids is 1. The van der Waals surface area contributed by atoms with Crippen molar-refractivity contribution in [3.05, 3.63) is 17.8 Å². The summed E-state index contributed by atoms with van der Waals surface area (Å²) in [5, 5.41) is 12.1. The highest BCUT2D eigenvalue weighted by molar-refractivity contribution is 5.96. The van der Waals surface area contributed by atoms with E-state index in [2.05, 4.69) is 10.3 Å². The number of carboxylic acids is 1. The first-order chi connectivity index (χ1) is 9.05. The Morgan fingerprint density at radius 2 is 1.95 bits per heavy atom. The number of rotatable bonds is 3. The van der Waals surface area contributed by atoms with Crippen molar-refractivity contribution < 1.29 is 19.1 Å². The van der Waals surface area contributed by atoms with Gasteiger partial charge in [0.1, 0.15) is 5.54 Å². The molecule has 1 aromatic rings. The number of nitrogens with zero attached hydrogens (tertiary/aromatic N) is 1. The van der Waals surface area contributed by atoms with E-state index in [4.69, 9.17) is 4.42 Å². The van der Waals surface area contributed by atoms with Crippen LogP contribution in [0.3, 0.4) is 0 Å². The summed E-state index contributed by atoms with van der Waals surface area (Å²) in [5.41, 5.74) is -0.709. The van der Waals surface area contributed by atoms with Crippen molar-refractivity contribution in [1.82, 2.24) is 10.3 Å². The van der Waals surface area contributed by atoms with Crippen molar-refractivity contribution >= 4 is 11.9 Å². The van der Waals surface area contributed by atoms with Crippen molar-refractivity contribution in [3.63, 3.8) is 0 Å². The standard InChI is InChI=1S/C13H18N2O4/c1-9-10(19-8-14-9)11(16)15-13(12(17)18)6-4-2-3-5-7-13/h8H,2-7H2,1H3,(H,15,16)(H,17,18). The second-order valence-corrected chi connectivity index (χ2v) is 5.02. The number of oxazole rings is 1. The minimum Gasteiger partial charge on any atom is -0.480 e. The maximum Gasteiger partial charge on any atom is 0.329 e. The fraction of sp³-hybridized carbons (Fsp3) is 0.615. The summed E-state index contributed by atoms with van der Waals surface area (Å²) in [6, 6.07) is 0. The normalized spacial score (nSPS) is 18.6. The van der Waals surface area contributed by atoms with Gasteiger partial charge in [-0.1, -0.05) is 25.7 Å². The number of hydrogen-bond donors (Lipinski definition) is 2. The Labute approximate surface area is 111 Å². The van der Waals surface area contributed by atoms with Gasteiger partial charge in [-0.2, -0.15) is 0 Å². The predicted molar refractivity (Wildman–Crippen MR) is 66.8 cm³/mol. The molecular weight excluding hydrogens is 248 g/mol. The van der Waals surface area contributed by atoms with E-state index < -0.39 is 17.4 Å². The third kappa shape index (κ3) is 2.77. The molecule has 0 bridgehead atoms. The zero-order chi connectivity index (χ0) is 13.9. The second-order valence-electron chi connectivity index (χ2n) is 5.02. The highest BCUT2D eigenvalue weighted by Gasteiger charge is 2.40. The average Bonchev–Trinajstić information content (AvgIpc) is 2.64. The van der Waals surface area contributed by atoms with Crippen LogP contribution >= 0.6 is 0 Å². The molecule has 19 heavy (non-hydrogen) atoms. The van der Waals surface area contributed by atoms with Crippen LogP contribution in [0.2, 0.25) is 0 Å². The Morgan fingerprint density at radius 3 is 2.42 bits per heavy atom. The molecule has 0 unspecified atom stereocenters. The maximum absolute atomic E-state index is 12.1. The van der Waals surface area contributed by atoms with Gasteiger partial charge < -0.3 is 14.8 Å². The van der Waals surface area contributed by atoms with Crippen molar-refractivity contribution in [1.29, 1.82) is 0 Å². The Kier molecular flexibility index (Phi) is 3.87. The summed E-state index contributed by atoms with van der Waals surface area (Å²) in [6.45, 7) is 1.65. The Morgan fingerprint density at radius 1 is 1.32 bits per heavy atom. The van der Waals surface area contributed by atoms with Gasteiger partial charge in [-0.25, -0.2) is 9.78 Å². The lowest BCUT2D eigenvalue weighted by atomic mass is 9.90. The highest BCUT2D eigenvalue weighted by Crippen LogP contribution is 2.28. The molecule has 2 rings (SSSR count). The van der Waals surface area contributed by atoms with E-state index in [-0.39, 0.29) is 5.76 Å². The Hall–Kier alpha value is -1.85. The number of amides is 1. The molecule has 0 radical (unpaired) electrons. The monoisotopic (exact) mass is 266 g/mol. The van der Waals surface area contributed by atoms with Gasteiger partial charge in [-0.15, -0.1) is 0 Å². The molecule has 0 atom stereocenters. The van der Waals surface area contributed by atoms with E-state index in [1.54, 1.807) is 6.92 Å². The minimum atomic E-state index is -1.17. The molecule has 2 N–H and O–H groups in total. The minimum absolute atomic E-state index is 0.0878. The van der Waals surface area contributed by atoms with Crippen LogP contribution in [0.4, 0.5) is 0 Å². The van der Waals surface area contributed by atoms with E-state index in [0.717, 1.165) is 25.7 Å². The maximum atomic E-state index is 12.1. The van der Waals surface area contributed by atoms with Gasteiger partial charge in [0.25, 0.3) is 5.91 Å². The summed E-state index contributed by atoms with van der Waals surface area (Å²) < 4.78 is 5.01. The number of aryl methyl sites for hydroxylation is 1. The SMILES string of the molecule is Cc1ncoc1C(=O)NC1(C(=O)O)CCCCCC1. The first kappa shape index (κ1) is 13.6. The molecule has 6 nitrogen and oxygen atoms in total. The summed E-state index contributed by atoms with van der Waals surface area (Å²) in [6.07, 6.45) is 5.73. The molecule has 0 saturated heterocycles. The molecule has 0 aliphatic heterocycles. The van der Waals surface area contributed by atoms with Crippen LogP contribution in [0.15, 0.2) is 10.8 Å². The molecule has 6 heteroatoms. The molecular formula is C13H18N2O4. The van der Waals surface area contributed by atoms with Crippen LogP contribution < -0.4 is 5.32 Å². The molecule has 1 aliphatic rings. The highest BCUT2D eigenvalue weighted by atomic mass is 16.4. The molecule has 1 heterocycles. The van der Waals surface area contributed by atoms with Crippen LogP contribution in [0.25, 0.3) is 0 Å². The number of aromatic nitrogens is 1. The Bertz CT molecular complexity index is 473. The van der Waals surface area contributed by atoms with Gasteiger partial charge in [0, 0.05) is 0 Å². The number of nitrogens with one attached hydrogen (secondary N) is 1. The molecule has 104 valence electrons. The molecule has 0 aromatic carbocycles. The first-order valence-electron chi connectivity index (χ1n) is 6.51. The molecule has 1 aromatic heterocycles. The molecule has 1 fully saturated rings. The second kappa shape index (κ2) is 5.42. The van der Waals surface area contributed by atoms with Crippen LogP contribution in [0.5, 0.6) is 0 Å². The lowest BCUT2D eigenvalue weighted by molar-refractivity contribution is -0.145. The van der Waals surface area contributed by atoms with Crippen molar-refractivity contribution in [3.8, 4) is 0 Å². The predicted octanol–water partition coefficient (Wildman–Crippen LogP) is 1.89. The van der Waals surface area contributed by atoms with Crippen LogP contribution in [0, 0.1) is 6.92 Å². The van der Waals surface area contributed by atoms with Gasteiger partial charge in [-0.3, -0.25) is 4.79 Å². The zero-order valence-corrected chi connectivity index (χ0v) is 10.9. The zero-order valence-electron chi connectivity index (χ0n) is 10.9. The largest absolute Gasteiger partial charge is 0.480 e. The summed E-state index contributed by atoms with van der Waals surface area (Å²) in [7, 11) is 0. The molecule has 0 spiro atoms. The molecule has 1 saturated carbocycles. The quantitative estimate of drug-likeness (QED) is 0.815. The van der Waals surface area contributed by atoms with E-state index in [0.29, 0.717) is 18.5 Å². The number of carbonyl (C=O) groups is 2. The summed E-state index contributed by atoms with van der Waals surface area (Å²) in [4.78, 5) is 27.5. The van der Waals surface area contributed by atoms with Crippen LogP contribution in [-0.4, -0.2) is 27.5 Å². The summed E-state index contributed by atoms with van der Waals surface area (Å²) >= 11 is 0. The van der Waals surface area contributed by atoms with Gasteiger partial charge in [0.05, 0.1) is 5.69 Å². The topological polar surface area (TPSA) is 92.4 Å². The molecule has 1 amide bonds. The van der Waals surface area contributed by atoms with Crippen LogP contribution in [0.1, 0.15) is 54.8 Å². The van der Waals surface area contributed by atoms with E-state index in [1.807, 2.05) is 0 Å². The van der Waals surface area contributed by atoms with E-state index in [1.165, 1.54) is 6.39 Å². The number of carboxylic acid groups (broad SMARTS) is 1. The fourth-order valence-corrected chi connectivity index (χ4v) is 2.52. The van der Waals surface area contributed by atoms with Gasteiger partial charge in [0.15, 0.2) is 6.39 Å². The van der Waals surface area contributed by atoms with Crippen molar-refractivity contribution in [2.45, 2.75) is 51.0 Å². The smallest absolute Gasteiger partial charge is 0.329 e. The van der Waals surface area contributed by atoms with Gasteiger partial charge >= 0.3 is 5.97 Å². The first-order valence-corrected chi connectivity index (χ1v) is 6.51. The van der Waals surface area contributed by atoms with Crippen molar-refractivity contribution in [2.24, 2.45) is 0 Å². The van der Waals surface area contributed by atoms with E-state index >= 15 is 0 Å². The number of carbonyl (C=O) groups excluding carboxylic acids is 1. The van der Waals surface area contributed by atoms with Gasteiger partial charge in [-0.05, 0) is 19.8 Å². The third-order valence-corrected chi connectivity index (χ3v) is 3.67. The summed E-state index contributed by atoms with van der Waals surface area (Å²) in [5.74, 6) is -1.39. The van der Waals surface area contributed by atoms with Crippen LogP contribution in [-0.2, 0) is 4.79 Å². The Balaban J connectivity index is 2.19. The third-order valence-electron chi connectivity index (χ3n) is 3.67.